The second kappa shape index (κ2) is 7.09. The number of rotatable bonds is 5. The first-order chi connectivity index (χ1) is 9.63. The third kappa shape index (κ3) is 4.22. The summed E-state index contributed by atoms with van der Waals surface area (Å²) in [4.78, 5) is 0. The highest BCUT2D eigenvalue weighted by atomic mass is 16.5. The molecule has 2 rings (SSSR count). The van der Waals surface area contributed by atoms with Gasteiger partial charge in [0.15, 0.2) is 0 Å². The van der Waals surface area contributed by atoms with Crippen molar-refractivity contribution in [3.05, 3.63) is 29.8 Å². The molecule has 112 valence electrons. The maximum absolute atomic E-state index is 10.6. The van der Waals surface area contributed by atoms with Gasteiger partial charge in [-0.05, 0) is 37.0 Å². The Hall–Kier alpha value is -1.06. The Bertz CT molecular complexity index is 408. The van der Waals surface area contributed by atoms with E-state index in [4.69, 9.17) is 4.74 Å². The molecule has 0 aromatic heterocycles. The fourth-order valence-corrected chi connectivity index (χ4v) is 2.80. The number of benzene rings is 1. The molecule has 1 fully saturated rings. The van der Waals surface area contributed by atoms with E-state index in [0.29, 0.717) is 13.0 Å². The summed E-state index contributed by atoms with van der Waals surface area (Å²) in [5.74, 6) is 0.729. The molecule has 3 nitrogen and oxygen atoms in total. The standard InChI is InChI=1S/C17H26O3/c1-2-16(18)14-8-7-9-15(12-14)20-13-17(19)10-5-3-4-6-11-17/h7-9,12,16,18-19H,2-6,10-11,13H2,1H3. The monoisotopic (exact) mass is 278 g/mol. The zero-order valence-corrected chi connectivity index (χ0v) is 12.3. The minimum Gasteiger partial charge on any atom is -0.491 e. The Morgan fingerprint density at radius 1 is 1.20 bits per heavy atom. The normalized spacial score (nSPS) is 20.1. The van der Waals surface area contributed by atoms with E-state index in [9.17, 15) is 10.2 Å². The van der Waals surface area contributed by atoms with E-state index in [2.05, 4.69) is 0 Å². The third-order valence-electron chi connectivity index (χ3n) is 4.17. The molecule has 0 radical (unpaired) electrons. The number of hydrogen-bond acceptors (Lipinski definition) is 3. The molecule has 0 heterocycles. The molecule has 1 unspecified atom stereocenters. The van der Waals surface area contributed by atoms with Gasteiger partial charge in [0.05, 0.1) is 11.7 Å². The van der Waals surface area contributed by atoms with Crippen molar-refractivity contribution in [1.29, 1.82) is 0 Å². The number of ether oxygens (including phenoxy) is 1. The molecule has 1 saturated carbocycles. The molecular weight excluding hydrogens is 252 g/mol. The fourth-order valence-electron chi connectivity index (χ4n) is 2.80. The second-order valence-corrected chi connectivity index (χ2v) is 5.92. The molecule has 1 aliphatic rings. The minimum absolute atomic E-state index is 0.346. The van der Waals surface area contributed by atoms with E-state index >= 15 is 0 Å². The van der Waals surface area contributed by atoms with Crippen LogP contribution in [0.2, 0.25) is 0 Å². The Kier molecular flexibility index (Phi) is 5.44. The van der Waals surface area contributed by atoms with Gasteiger partial charge in [-0.15, -0.1) is 0 Å². The molecule has 1 aromatic rings. The first-order valence-electron chi connectivity index (χ1n) is 7.76. The highest BCUT2D eigenvalue weighted by Gasteiger charge is 2.28. The average Bonchev–Trinajstić information content (AvgIpc) is 2.70. The minimum atomic E-state index is -0.685. The average molecular weight is 278 g/mol. The van der Waals surface area contributed by atoms with Crippen LogP contribution in [0.1, 0.15) is 63.5 Å². The maximum Gasteiger partial charge on any atom is 0.119 e. The van der Waals surface area contributed by atoms with Gasteiger partial charge >= 0.3 is 0 Å². The van der Waals surface area contributed by atoms with E-state index in [0.717, 1.165) is 37.0 Å². The molecule has 2 N–H and O–H groups in total. The van der Waals surface area contributed by atoms with Crippen molar-refractivity contribution in [2.75, 3.05) is 6.61 Å². The Labute approximate surface area is 121 Å². The summed E-state index contributed by atoms with van der Waals surface area (Å²) in [7, 11) is 0. The zero-order chi connectivity index (χ0) is 14.4. The zero-order valence-electron chi connectivity index (χ0n) is 12.3. The molecule has 1 aromatic carbocycles. The predicted molar refractivity (Wildman–Crippen MR) is 79.8 cm³/mol. The van der Waals surface area contributed by atoms with Crippen LogP contribution in [0.4, 0.5) is 0 Å². The highest BCUT2D eigenvalue weighted by Crippen LogP contribution is 2.28. The molecule has 0 bridgehead atoms. The van der Waals surface area contributed by atoms with Gasteiger partial charge in [-0.3, -0.25) is 0 Å². The van der Waals surface area contributed by atoms with E-state index in [1.807, 2.05) is 31.2 Å². The lowest BCUT2D eigenvalue weighted by Gasteiger charge is -2.26. The van der Waals surface area contributed by atoms with Crippen LogP contribution in [0.25, 0.3) is 0 Å². The van der Waals surface area contributed by atoms with Crippen molar-refractivity contribution in [2.45, 2.75) is 63.6 Å². The van der Waals surface area contributed by atoms with Crippen molar-refractivity contribution in [2.24, 2.45) is 0 Å². The van der Waals surface area contributed by atoms with Crippen LogP contribution in [0.5, 0.6) is 5.75 Å². The summed E-state index contributed by atoms with van der Waals surface area (Å²) >= 11 is 0. The van der Waals surface area contributed by atoms with Crippen molar-refractivity contribution in [1.82, 2.24) is 0 Å². The number of hydrogen-bond donors (Lipinski definition) is 2. The van der Waals surface area contributed by atoms with E-state index in [1.54, 1.807) is 0 Å². The van der Waals surface area contributed by atoms with E-state index in [1.165, 1.54) is 12.8 Å². The molecule has 0 saturated heterocycles. The molecule has 1 aliphatic carbocycles. The Balaban J connectivity index is 1.96. The van der Waals surface area contributed by atoms with Crippen molar-refractivity contribution < 1.29 is 14.9 Å². The highest BCUT2D eigenvalue weighted by molar-refractivity contribution is 5.29. The summed E-state index contributed by atoms with van der Waals surface area (Å²) in [6.07, 6.45) is 6.46. The lowest BCUT2D eigenvalue weighted by molar-refractivity contribution is -0.0174. The van der Waals surface area contributed by atoms with Gasteiger partial charge in [0.1, 0.15) is 12.4 Å². The van der Waals surface area contributed by atoms with E-state index < -0.39 is 11.7 Å². The van der Waals surface area contributed by atoms with Gasteiger partial charge in [-0.25, -0.2) is 0 Å². The molecule has 3 heteroatoms. The first-order valence-corrected chi connectivity index (χ1v) is 7.76. The van der Waals surface area contributed by atoms with Crippen LogP contribution in [-0.2, 0) is 0 Å². The summed E-state index contributed by atoms with van der Waals surface area (Å²) in [6.45, 7) is 2.30. The van der Waals surface area contributed by atoms with Gasteiger partial charge in [0, 0.05) is 0 Å². The van der Waals surface area contributed by atoms with Crippen LogP contribution in [0.15, 0.2) is 24.3 Å². The van der Waals surface area contributed by atoms with E-state index in [-0.39, 0.29) is 0 Å². The second-order valence-electron chi connectivity index (χ2n) is 5.92. The molecule has 20 heavy (non-hydrogen) atoms. The lowest BCUT2D eigenvalue weighted by Crippen LogP contribution is -2.35. The summed E-state index contributed by atoms with van der Waals surface area (Å²) < 4.78 is 5.78. The first kappa shape index (κ1) is 15.3. The van der Waals surface area contributed by atoms with Crippen LogP contribution in [-0.4, -0.2) is 22.4 Å². The number of aliphatic hydroxyl groups excluding tert-OH is 1. The third-order valence-corrected chi connectivity index (χ3v) is 4.17. The van der Waals surface area contributed by atoms with Crippen molar-refractivity contribution in [3.8, 4) is 5.75 Å². The topological polar surface area (TPSA) is 49.7 Å². The maximum atomic E-state index is 10.6. The Morgan fingerprint density at radius 3 is 2.55 bits per heavy atom. The quantitative estimate of drug-likeness (QED) is 0.809. The van der Waals surface area contributed by atoms with Crippen LogP contribution >= 0.6 is 0 Å². The summed E-state index contributed by atoms with van der Waals surface area (Å²) in [5, 5.41) is 20.4. The van der Waals surface area contributed by atoms with Gasteiger partial charge in [0.25, 0.3) is 0 Å². The number of aliphatic hydroxyl groups is 2. The SMILES string of the molecule is CCC(O)c1cccc(OCC2(O)CCCCCC2)c1. The molecular formula is C17H26O3. The summed E-state index contributed by atoms with van der Waals surface area (Å²) in [5.41, 5.74) is 0.188. The summed E-state index contributed by atoms with van der Waals surface area (Å²) in [6, 6.07) is 7.54. The van der Waals surface area contributed by atoms with Crippen LogP contribution in [0, 0.1) is 0 Å². The van der Waals surface area contributed by atoms with Crippen LogP contribution in [0.3, 0.4) is 0 Å². The van der Waals surface area contributed by atoms with Crippen molar-refractivity contribution in [3.63, 3.8) is 0 Å². The molecule has 0 aliphatic heterocycles. The fraction of sp³-hybridized carbons (Fsp3) is 0.647. The molecule has 0 spiro atoms. The van der Waals surface area contributed by atoms with Crippen LogP contribution < -0.4 is 4.74 Å². The van der Waals surface area contributed by atoms with Gasteiger partial charge in [-0.1, -0.05) is 44.7 Å². The lowest BCUT2D eigenvalue weighted by atomic mass is 9.96. The van der Waals surface area contributed by atoms with Crippen molar-refractivity contribution >= 4 is 0 Å². The largest absolute Gasteiger partial charge is 0.491 e. The van der Waals surface area contributed by atoms with Gasteiger partial charge < -0.3 is 14.9 Å². The predicted octanol–water partition coefficient (Wildman–Crippen LogP) is 3.59. The van der Waals surface area contributed by atoms with Gasteiger partial charge in [-0.2, -0.15) is 0 Å². The smallest absolute Gasteiger partial charge is 0.119 e. The molecule has 0 amide bonds. The molecule has 1 atom stereocenters. The Morgan fingerprint density at radius 2 is 1.90 bits per heavy atom. The van der Waals surface area contributed by atoms with Gasteiger partial charge in [0.2, 0.25) is 0 Å².